The molecule has 0 aliphatic carbocycles. The smallest absolute Gasteiger partial charge is 0.192 e. The van der Waals surface area contributed by atoms with Gasteiger partial charge in [-0.15, -0.1) is 0 Å². The van der Waals surface area contributed by atoms with Gasteiger partial charge in [0.2, 0.25) is 0 Å². The number of halogens is 2. The van der Waals surface area contributed by atoms with Crippen molar-refractivity contribution >= 4 is 21.9 Å². The summed E-state index contributed by atoms with van der Waals surface area (Å²) in [6.07, 6.45) is 0. The summed E-state index contributed by atoms with van der Waals surface area (Å²) >= 11 is 3.24. The number of nitrogens with two attached hydrogens (primary N) is 1. The normalized spacial score (nSPS) is 23.1. The van der Waals surface area contributed by atoms with E-state index in [-0.39, 0.29) is 11.4 Å². The summed E-state index contributed by atoms with van der Waals surface area (Å²) in [5.41, 5.74) is 6.72. The first-order valence-electron chi connectivity index (χ1n) is 6.37. The molecule has 19 heavy (non-hydrogen) atoms. The van der Waals surface area contributed by atoms with Crippen molar-refractivity contribution in [1.82, 2.24) is 4.90 Å². The lowest BCUT2D eigenvalue weighted by Gasteiger charge is -2.38. The molecule has 0 saturated carbocycles. The lowest BCUT2D eigenvalue weighted by molar-refractivity contribution is 0.204. The molecular weight excluding hydrogens is 309 g/mol. The molecule has 1 unspecified atom stereocenters. The Kier molecular flexibility index (Phi) is 3.85. The Balaban J connectivity index is 2.38. The Hall–Kier alpha value is -1.10. The molecule has 2 N–H and O–H groups in total. The first-order chi connectivity index (χ1) is 8.84. The van der Waals surface area contributed by atoms with Gasteiger partial charge in [0.25, 0.3) is 0 Å². The predicted molar refractivity (Wildman–Crippen MR) is 79.5 cm³/mol. The Morgan fingerprint density at radius 3 is 2.79 bits per heavy atom. The summed E-state index contributed by atoms with van der Waals surface area (Å²) in [4.78, 5) is 6.47. The highest BCUT2D eigenvalue weighted by atomic mass is 79.9. The van der Waals surface area contributed by atoms with Crippen LogP contribution < -0.4 is 5.73 Å². The molecule has 0 saturated heterocycles. The molecule has 0 aromatic heterocycles. The number of rotatable bonds is 3. The zero-order valence-electron chi connectivity index (χ0n) is 11.5. The van der Waals surface area contributed by atoms with E-state index in [1.54, 1.807) is 0 Å². The number of nitrogens with zero attached hydrogens (tertiary/aromatic N) is 2. The molecule has 1 aromatic rings. The van der Waals surface area contributed by atoms with Gasteiger partial charge in [0, 0.05) is 6.54 Å². The fourth-order valence-corrected chi connectivity index (χ4v) is 2.78. The van der Waals surface area contributed by atoms with E-state index in [9.17, 15) is 4.39 Å². The Morgan fingerprint density at radius 2 is 2.21 bits per heavy atom. The van der Waals surface area contributed by atoms with Crippen LogP contribution in [0, 0.1) is 11.7 Å². The predicted octanol–water partition coefficient (Wildman–Crippen LogP) is 3.09. The van der Waals surface area contributed by atoms with E-state index in [1.807, 2.05) is 12.1 Å². The number of aliphatic imine (C=N–C) groups is 1. The van der Waals surface area contributed by atoms with Crippen LogP contribution in [0.25, 0.3) is 0 Å². The van der Waals surface area contributed by atoms with Crippen molar-refractivity contribution in [2.45, 2.75) is 26.3 Å². The van der Waals surface area contributed by atoms with E-state index < -0.39 is 0 Å². The molecule has 0 fully saturated rings. The van der Waals surface area contributed by atoms with Crippen LogP contribution in [-0.2, 0) is 5.54 Å². The van der Waals surface area contributed by atoms with Crippen molar-refractivity contribution in [2.75, 3.05) is 13.1 Å². The molecule has 1 heterocycles. The lowest BCUT2D eigenvalue weighted by atomic mass is 9.90. The number of benzene rings is 1. The highest BCUT2D eigenvalue weighted by molar-refractivity contribution is 9.10. The third kappa shape index (κ3) is 2.61. The van der Waals surface area contributed by atoms with Crippen molar-refractivity contribution in [3.05, 3.63) is 34.1 Å². The molecule has 104 valence electrons. The van der Waals surface area contributed by atoms with Gasteiger partial charge >= 0.3 is 0 Å². The second kappa shape index (κ2) is 5.12. The lowest BCUT2D eigenvalue weighted by Crippen LogP contribution is -2.49. The van der Waals surface area contributed by atoms with Gasteiger partial charge in [-0.05, 0) is 46.5 Å². The molecule has 2 rings (SSSR count). The summed E-state index contributed by atoms with van der Waals surface area (Å²) in [5, 5.41) is 0. The summed E-state index contributed by atoms with van der Waals surface area (Å²) in [6, 6.07) is 5.10. The highest BCUT2D eigenvalue weighted by Crippen LogP contribution is 2.35. The largest absolute Gasteiger partial charge is 0.370 e. The van der Waals surface area contributed by atoms with Gasteiger partial charge in [0.05, 0.1) is 16.6 Å². The zero-order valence-corrected chi connectivity index (χ0v) is 13.0. The molecule has 0 amide bonds. The van der Waals surface area contributed by atoms with Crippen molar-refractivity contribution in [3.8, 4) is 0 Å². The van der Waals surface area contributed by atoms with Gasteiger partial charge in [-0.2, -0.15) is 0 Å². The Labute approximate surface area is 121 Å². The van der Waals surface area contributed by atoms with Crippen LogP contribution >= 0.6 is 15.9 Å². The van der Waals surface area contributed by atoms with Crippen molar-refractivity contribution in [3.63, 3.8) is 0 Å². The average Bonchev–Trinajstić information content (AvgIpc) is 2.62. The first-order valence-corrected chi connectivity index (χ1v) is 7.17. The fraction of sp³-hybridized carbons (Fsp3) is 0.500. The van der Waals surface area contributed by atoms with E-state index in [4.69, 9.17) is 5.73 Å². The minimum absolute atomic E-state index is 0.255. The molecule has 3 nitrogen and oxygen atoms in total. The van der Waals surface area contributed by atoms with Crippen LogP contribution in [0.3, 0.4) is 0 Å². The minimum Gasteiger partial charge on any atom is -0.370 e. The summed E-state index contributed by atoms with van der Waals surface area (Å²) < 4.78 is 13.9. The molecule has 1 aliphatic heterocycles. The SMILES string of the molecule is CC(C)CN1C(N)=NCC1(C)c1ccc(F)c(Br)c1. The van der Waals surface area contributed by atoms with Crippen LogP contribution in [-0.4, -0.2) is 23.9 Å². The Bertz CT molecular complexity index is 515. The molecule has 0 radical (unpaired) electrons. The fourth-order valence-electron chi connectivity index (χ4n) is 2.40. The molecule has 0 spiro atoms. The average molecular weight is 328 g/mol. The number of hydrogen-bond donors (Lipinski definition) is 1. The molecule has 1 atom stereocenters. The van der Waals surface area contributed by atoms with E-state index >= 15 is 0 Å². The Morgan fingerprint density at radius 1 is 1.53 bits per heavy atom. The van der Waals surface area contributed by atoms with Crippen molar-refractivity contribution < 1.29 is 4.39 Å². The first kappa shape index (κ1) is 14.3. The van der Waals surface area contributed by atoms with Crippen LogP contribution in [0.1, 0.15) is 26.3 Å². The second-order valence-corrected chi connectivity index (χ2v) is 6.44. The number of guanidine groups is 1. The van der Waals surface area contributed by atoms with Crippen LogP contribution in [0.4, 0.5) is 4.39 Å². The summed E-state index contributed by atoms with van der Waals surface area (Å²) in [5.74, 6) is 0.793. The molecule has 1 aliphatic rings. The van der Waals surface area contributed by atoms with E-state index in [0.29, 0.717) is 22.9 Å². The van der Waals surface area contributed by atoms with Gasteiger partial charge in [-0.3, -0.25) is 4.99 Å². The van der Waals surface area contributed by atoms with Gasteiger partial charge in [0.15, 0.2) is 5.96 Å². The van der Waals surface area contributed by atoms with Crippen LogP contribution in [0.2, 0.25) is 0 Å². The second-order valence-electron chi connectivity index (χ2n) is 5.58. The maximum atomic E-state index is 13.4. The van der Waals surface area contributed by atoms with E-state index in [2.05, 4.69) is 46.6 Å². The number of hydrogen-bond acceptors (Lipinski definition) is 3. The monoisotopic (exact) mass is 327 g/mol. The minimum atomic E-state index is -0.301. The molecular formula is C14H19BrFN3. The van der Waals surface area contributed by atoms with Gasteiger partial charge in [-0.1, -0.05) is 19.9 Å². The van der Waals surface area contributed by atoms with Gasteiger partial charge in [-0.25, -0.2) is 4.39 Å². The third-order valence-electron chi connectivity index (χ3n) is 3.51. The quantitative estimate of drug-likeness (QED) is 0.926. The van der Waals surface area contributed by atoms with Gasteiger partial charge < -0.3 is 10.6 Å². The molecule has 1 aromatic carbocycles. The molecule has 5 heteroatoms. The van der Waals surface area contributed by atoms with Crippen LogP contribution in [0.5, 0.6) is 0 Å². The van der Waals surface area contributed by atoms with E-state index in [1.165, 1.54) is 6.07 Å². The third-order valence-corrected chi connectivity index (χ3v) is 4.12. The maximum absolute atomic E-state index is 13.4. The molecule has 0 bridgehead atoms. The topological polar surface area (TPSA) is 41.6 Å². The summed E-state index contributed by atoms with van der Waals surface area (Å²) in [6.45, 7) is 7.82. The van der Waals surface area contributed by atoms with Crippen molar-refractivity contribution in [2.24, 2.45) is 16.6 Å². The maximum Gasteiger partial charge on any atom is 0.192 e. The van der Waals surface area contributed by atoms with Gasteiger partial charge in [0.1, 0.15) is 5.82 Å². The highest BCUT2D eigenvalue weighted by Gasteiger charge is 2.39. The standard InChI is InChI=1S/C14H19BrFN3/c1-9(2)7-19-13(17)18-8-14(19,3)10-4-5-12(16)11(15)6-10/h4-6,9H,7-8H2,1-3H3,(H2,17,18). The summed E-state index contributed by atoms with van der Waals surface area (Å²) in [7, 11) is 0. The zero-order chi connectivity index (χ0) is 14.2. The van der Waals surface area contributed by atoms with Crippen molar-refractivity contribution in [1.29, 1.82) is 0 Å². The van der Waals surface area contributed by atoms with E-state index in [0.717, 1.165) is 12.1 Å². The van der Waals surface area contributed by atoms with Crippen LogP contribution in [0.15, 0.2) is 27.7 Å².